The second-order valence-electron chi connectivity index (χ2n) is 6.97. The lowest BCUT2D eigenvalue weighted by Gasteiger charge is -2.17. The minimum absolute atomic E-state index is 0.664. The molecule has 0 radical (unpaired) electrons. The number of nitrogens with zero attached hydrogens (tertiary/aromatic N) is 2. The Kier molecular flexibility index (Phi) is 5.81. The fourth-order valence-corrected chi connectivity index (χ4v) is 3.42. The fourth-order valence-electron chi connectivity index (χ4n) is 3.42. The van der Waals surface area contributed by atoms with Gasteiger partial charge in [-0.05, 0) is 62.0 Å². The van der Waals surface area contributed by atoms with Gasteiger partial charge in [0.2, 0.25) is 0 Å². The molecule has 150 valence electrons. The van der Waals surface area contributed by atoms with Gasteiger partial charge in [-0.2, -0.15) is 0 Å². The largest absolute Gasteiger partial charge is 0.497 e. The van der Waals surface area contributed by atoms with Gasteiger partial charge in [0.1, 0.15) is 22.9 Å². The van der Waals surface area contributed by atoms with Gasteiger partial charge in [0.25, 0.3) is 0 Å². The van der Waals surface area contributed by atoms with Gasteiger partial charge in [0.05, 0.1) is 25.7 Å². The molecule has 6 nitrogen and oxygen atoms in total. The van der Waals surface area contributed by atoms with E-state index in [1.54, 1.807) is 19.6 Å². The van der Waals surface area contributed by atoms with Crippen molar-refractivity contribution in [1.82, 2.24) is 14.9 Å². The quantitative estimate of drug-likeness (QED) is 0.418. The number of hydrogen-bond acceptors (Lipinski definition) is 5. The van der Waals surface area contributed by atoms with Crippen LogP contribution in [0.3, 0.4) is 0 Å². The number of ether oxygens (including phenoxy) is 2. The molecule has 4 rings (SSSR count). The second-order valence-corrected chi connectivity index (χ2v) is 6.97. The highest BCUT2D eigenvalue weighted by molar-refractivity contribution is 5.87. The van der Waals surface area contributed by atoms with Gasteiger partial charge in [0, 0.05) is 30.2 Å². The van der Waals surface area contributed by atoms with E-state index in [0.717, 1.165) is 53.5 Å². The summed E-state index contributed by atoms with van der Waals surface area (Å²) in [4.78, 5) is 10.2. The summed E-state index contributed by atoms with van der Waals surface area (Å²) >= 11 is 0. The molecule has 1 aromatic carbocycles. The summed E-state index contributed by atoms with van der Waals surface area (Å²) in [6, 6.07) is 15.6. The van der Waals surface area contributed by atoms with Gasteiger partial charge in [-0.25, -0.2) is 4.98 Å². The summed E-state index contributed by atoms with van der Waals surface area (Å²) in [5.74, 6) is 2.52. The Balaban J connectivity index is 1.37. The zero-order valence-electron chi connectivity index (χ0n) is 16.7. The first-order valence-corrected chi connectivity index (χ1v) is 9.69. The van der Waals surface area contributed by atoms with Crippen molar-refractivity contribution in [3.63, 3.8) is 0 Å². The Labute approximate surface area is 170 Å². The number of methoxy groups -OCH3 is 1. The molecule has 0 aliphatic heterocycles. The van der Waals surface area contributed by atoms with E-state index in [9.17, 15) is 0 Å². The normalized spacial score (nSPS) is 11.3. The highest BCUT2D eigenvalue weighted by Crippen LogP contribution is 2.30. The molecule has 29 heavy (non-hydrogen) atoms. The molecule has 0 fully saturated rings. The standard InChI is InChI=1S/C23H25N3O3/c1-26(13-5-15-28-18-10-8-17(27-2)9-11-18)16-20-19-6-3-12-24-23(19)25-22(20)21-7-4-14-29-21/h3-4,6-12,14H,5,13,15-16H2,1-2H3,(H,24,25). The van der Waals surface area contributed by atoms with Crippen LogP contribution in [0.4, 0.5) is 0 Å². The van der Waals surface area contributed by atoms with Crippen molar-refractivity contribution in [2.45, 2.75) is 13.0 Å². The molecule has 0 amide bonds. The molecule has 3 heterocycles. The number of rotatable bonds is 9. The number of fused-ring (bicyclic) bond motifs is 1. The molecule has 0 saturated heterocycles. The predicted molar refractivity (Wildman–Crippen MR) is 113 cm³/mol. The number of pyridine rings is 1. The summed E-state index contributed by atoms with van der Waals surface area (Å²) < 4.78 is 16.6. The van der Waals surface area contributed by atoms with E-state index in [-0.39, 0.29) is 0 Å². The van der Waals surface area contributed by atoms with E-state index in [1.165, 1.54) is 5.56 Å². The van der Waals surface area contributed by atoms with Crippen molar-refractivity contribution in [3.05, 3.63) is 66.6 Å². The molecular formula is C23H25N3O3. The zero-order chi connectivity index (χ0) is 20.1. The van der Waals surface area contributed by atoms with Crippen LogP contribution in [0.5, 0.6) is 11.5 Å². The summed E-state index contributed by atoms with van der Waals surface area (Å²) in [6.45, 7) is 2.38. The molecule has 4 aromatic rings. The molecular weight excluding hydrogens is 366 g/mol. The van der Waals surface area contributed by atoms with Crippen molar-refractivity contribution in [2.75, 3.05) is 27.3 Å². The fraction of sp³-hybridized carbons (Fsp3) is 0.261. The maximum absolute atomic E-state index is 5.83. The molecule has 1 N–H and O–H groups in total. The number of H-pyrrole nitrogens is 1. The van der Waals surface area contributed by atoms with Crippen LogP contribution in [0.1, 0.15) is 12.0 Å². The predicted octanol–water partition coefficient (Wildman–Crippen LogP) is 4.73. The Morgan fingerprint density at radius 1 is 1.07 bits per heavy atom. The van der Waals surface area contributed by atoms with Gasteiger partial charge in [-0.15, -0.1) is 0 Å². The van der Waals surface area contributed by atoms with Crippen LogP contribution >= 0.6 is 0 Å². The van der Waals surface area contributed by atoms with Crippen molar-refractivity contribution < 1.29 is 13.9 Å². The molecule has 0 unspecified atom stereocenters. The van der Waals surface area contributed by atoms with Gasteiger partial charge in [-0.1, -0.05) is 0 Å². The first-order valence-electron chi connectivity index (χ1n) is 9.69. The lowest BCUT2D eigenvalue weighted by Crippen LogP contribution is -2.21. The SMILES string of the molecule is COc1ccc(OCCCN(C)Cc2c(-c3ccco3)[nH]c3ncccc23)cc1. The highest BCUT2D eigenvalue weighted by atomic mass is 16.5. The molecule has 6 heteroatoms. The van der Waals surface area contributed by atoms with Crippen LogP contribution in [-0.4, -0.2) is 42.2 Å². The van der Waals surface area contributed by atoms with Gasteiger partial charge < -0.3 is 23.8 Å². The molecule has 0 atom stereocenters. The number of aromatic nitrogens is 2. The third kappa shape index (κ3) is 4.43. The smallest absolute Gasteiger partial charge is 0.150 e. The number of nitrogens with one attached hydrogen (secondary N) is 1. The first-order chi connectivity index (χ1) is 14.2. The molecule has 3 aromatic heterocycles. The number of hydrogen-bond donors (Lipinski definition) is 1. The van der Waals surface area contributed by atoms with Crippen LogP contribution in [0.2, 0.25) is 0 Å². The number of aromatic amines is 1. The van der Waals surface area contributed by atoms with Gasteiger partial charge in [0.15, 0.2) is 0 Å². The Hall–Kier alpha value is -3.25. The van der Waals surface area contributed by atoms with E-state index in [2.05, 4.69) is 28.0 Å². The molecule has 0 bridgehead atoms. The molecule has 0 spiro atoms. The first kappa shape index (κ1) is 19.1. The van der Waals surface area contributed by atoms with E-state index < -0.39 is 0 Å². The minimum atomic E-state index is 0.664. The third-order valence-corrected chi connectivity index (χ3v) is 4.89. The molecule has 0 aliphatic rings. The zero-order valence-corrected chi connectivity index (χ0v) is 16.7. The van der Waals surface area contributed by atoms with Crippen LogP contribution in [0.15, 0.2) is 65.4 Å². The van der Waals surface area contributed by atoms with Gasteiger partial charge >= 0.3 is 0 Å². The third-order valence-electron chi connectivity index (χ3n) is 4.89. The van der Waals surface area contributed by atoms with E-state index in [1.807, 2.05) is 42.5 Å². The average Bonchev–Trinajstić information content (AvgIpc) is 3.40. The van der Waals surface area contributed by atoms with Crippen LogP contribution in [0.25, 0.3) is 22.5 Å². The van der Waals surface area contributed by atoms with Crippen LogP contribution in [0, 0.1) is 0 Å². The number of benzene rings is 1. The second kappa shape index (κ2) is 8.84. The topological polar surface area (TPSA) is 63.5 Å². The Morgan fingerprint density at radius 2 is 1.90 bits per heavy atom. The summed E-state index contributed by atoms with van der Waals surface area (Å²) in [6.07, 6.45) is 4.42. The minimum Gasteiger partial charge on any atom is -0.497 e. The lowest BCUT2D eigenvalue weighted by atomic mass is 10.1. The van der Waals surface area contributed by atoms with Crippen LogP contribution in [-0.2, 0) is 6.54 Å². The van der Waals surface area contributed by atoms with E-state index in [0.29, 0.717) is 6.61 Å². The van der Waals surface area contributed by atoms with Crippen molar-refractivity contribution in [1.29, 1.82) is 0 Å². The monoisotopic (exact) mass is 391 g/mol. The maximum Gasteiger partial charge on any atom is 0.150 e. The number of furan rings is 1. The summed E-state index contributed by atoms with van der Waals surface area (Å²) in [5.41, 5.74) is 3.07. The van der Waals surface area contributed by atoms with Crippen molar-refractivity contribution in [3.8, 4) is 23.0 Å². The molecule has 0 saturated carbocycles. The summed E-state index contributed by atoms with van der Waals surface area (Å²) in [5, 5.41) is 1.13. The Bertz CT molecular complexity index is 1040. The van der Waals surface area contributed by atoms with E-state index in [4.69, 9.17) is 13.9 Å². The van der Waals surface area contributed by atoms with Crippen molar-refractivity contribution in [2.24, 2.45) is 0 Å². The summed E-state index contributed by atoms with van der Waals surface area (Å²) in [7, 11) is 3.78. The molecule has 0 aliphatic carbocycles. The Morgan fingerprint density at radius 3 is 2.66 bits per heavy atom. The average molecular weight is 391 g/mol. The maximum atomic E-state index is 5.83. The van der Waals surface area contributed by atoms with Crippen molar-refractivity contribution >= 4 is 11.0 Å². The highest BCUT2D eigenvalue weighted by Gasteiger charge is 2.17. The van der Waals surface area contributed by atoms with Crippen LogP contribution < -0.4 is 9.47 Å². The lowest BCUT2D eigenvalue weighted by molar-refractivity contribution is 0.259. The van der Waals surface area contributed by atoms with Gasteiger partial charge in [-0.3, -0.25) is 0 Å². The van der Waals surface area contributed by atoms with E-state index >= 15 is 0 Å².